The predicted molar refractivity (Wildman–Crippen MR) is 220 cm³/mol. The number of hydrogen-bond acceptors (Lipinski definition) is 2. The first-order valence-corrected chi connectivity index (χ1v) is 18.1. The molecule has 1 heterocycles. The summed E-state index contributed by atoms with van der Waals surface area (Å²) in [7, 11) is 0. The van der Waals surface area contributed by atoms with E-state index in [0.29, 0.717) is 0 Å². The van der Waals surface area contributed by atoms with Crippen molar-refractivity contribution in [3.63, 3.8) is 0 Å². The molecule has 0 spiro atoms. The molecular formula is C50H35NO. The number of fused-ring (bicyclic) bond motifs is 6. The molecule has 52 heavy (non-hydrogen) atoms. The smallest absolute Gasteiger partial charge is 0.135 e. The van der Waals surface area contributed by atoms with Gasteiger partial charge in [0.1, 0.15) is 11.2 Å². The van der Waals surface area contributed by atoms with Gasteiger partial charge < -0.3 is 9.32 Å². The SMILES string of the molecule is C1=C(c2ccccc2)C(N(c2cccc(-c3ccccc3)c2)c2ccc3oc4ccc(-c5ccc6ccc7ccccc7c6c5)cc4c3c2)=CCC1. The van der Waals surface area contributed by atoms with Crippen LogP contribution in [0.3, 0.4) is 0 Å². The summed E-state index contributed by atoms with van der Waals surface area (Å²) < 4.78 is 6.48. The molecule has 2 nitrogen and oxygen atoms in total. The highest BCUT2D eigenvalue weighted by Crippen LogP contribution is 2.43. The Morgan fingerprint density at radius 3 is 1.77 bits per heavy atom. The van der Waals surface area contributed by atoms with E-state index in [9.17, 15) is 0 Å². The maximum Gasteiger partial charge on any atom is 0.135 e. The lowest BCUT2D eigenvalue weighted by molar-refractivity contribution is 0.669. The van der Waals surface area contributed by atoms with Gasteiger partial charge in [-0.1, -0.05) is 140 Å². The Morgan fingerprint density at radius 1 is 0.365 bits per heavy atom. The molecule has 0 saturated heterocycles. The van der Waals surface area contributed by atoms with Crippen molar-refractivity contribution in [2.45, 2.75) is 12.8 Å². The number of hydrogen-bond donors (Lipinski definition) is 0. The second-order valence-corrected chi connectivity index (χ2v) is 13.6. The lowest BCUT2D eigenvalue weighted by Gasteiger charge is -2.32. The average molecular weight is 666 g/mol. The van der Waals surface area contributed by atoms with Crippen molar-refractivity contribution in [3.8, 4) is 22.3 Å². The molecule has 0 amide bonds. The zero-order valence-electron chi connectivity index (χ0n) is 28.7. The quantitative estimate of drug-likeness (QED) is 0.164. The van der Waals surface area contributed by atoms with E-state index >= 15 is 0 Å². The van der Waals surface area contributed by atoms with Crippen LogP contribution in [-0.4, -0.2) is 0 Å². The molecule has 10 rings (SSSR count). The normalized spacial score (nSPS) is 13.1. The van der Waals surface area contributed by atoms with Crippen molar-refractivity contribution >= 4 is 60.4 Å². The summed E-state index contributed by atoms with van der Waals surface area (Å²) in [5, 5.41) is 7.27. The van der Waals surface area contributed by atoms with E-state index in [1.54, 1.807) is 0 Å². The number of nitrogens with zero attached hydrogens (tertiary/aromatic N) is 1. The minimum absolute atomic E-state index is 0.884. The molecule has 0 aliphatic heterocycles. The minimum atomic E-state index is 0.884. The number of allylic oxidation sites excluding steroid dienone is 3. The fourth-order valence-corrected chi connectivity index (χ4v) is 7.91. The van der Waals surface area contributed by atoms with Gasteiger partial charge in [-0.15, -0.1) is 0 Å². The van der Waals surface area contributed by atoms with Crippen LogP contribution in [0, 0.1) is 0 Å². The number of benzene rings is 8. The Kier molecular flexibility index (Phi) is 7.32. The van der Waals surface area contributed by atoms with Crippen molar-refractivity contribution in [2.75, 3.05) is 4.90 Å². The van der Waals surface area contributed by atoms with Crippen LogP contribution in [0.25, 0.3) is 71.3 Å². The molecule has 0 N–H and O–H groups in total. The molecule has 0 radical (unpaired) electrons. The van der Waals surface area contributed by atoms with Crippen molar-refractivity contribution in [1.29, 1.82) is 0 Å². The van der Waals surface area contributed by atoms with E-state index in [2.05, 4.69) is 193 Å². The molecule has 1 aliphatic rings. The van der Waals surface area contributed by atoms with E-state index in [1.807, 2.05) is 0 Å². The summed E-state index contributed by atoms with van der Waals surface area (Å²) in [4.78, 5) is 2.43. The van der Waals surface area contributed by atoms with Gasteiger partial charge in [-0.3, -0.25) is 0 Å². The highest BCUT2D eigenvalue weighted by atomic mass is 16.3. The third-order valence-corrected chi connectivity index (χ3v) is 10.5. The van der Waals surface area contributed by atoms with Crippen LogP contribution < -0.4 is 4.90 Å². The fourth-order valence-electron chi connectivity index (χ4n) is 7.91. The Morgan fingerprint density at radius 2 is 0.942 bits per heavy atom. The van der Waals surface area contributed by atoms with Crippen molar-refractivity contribution in [2.24, 2.45) is 0 Å². The van der Waals surface area contributed by atoms with Crippen LogP contribution in [0.4, 0.5) is 11.4 Å². The predicted octanol–water partition coefficient (Wildman–Crippen LogP) is 14.1. The molecule has 0 saturated carbocycles. The highest BCUT2D eigenvalue weighted by Gasteiger charge is 2.23. The standard InChI is InChI=1S/C50H35NO/c1-3-12-34(13-4-1)38-17-11-18-41(30-38)51(48-21-10-9-20-44(48)35-14-5-2-6-15-35)42-27-29-50-47(33-42)46-32-40(26-28-49(46)52-50)39-25-24-37-23-22-36-16-7-8-19-43(36)45(37)31-39/h1-8,11-33H,9-10H2. The minimum Gasteiger partial charge on any atom is -0.456 e. The maximum atomic E-state index is 6.48. The van der Waals surface area contributed by atoms with Crippen molar-refractivity contribution in [3.05, 3.63) is 199 Å². The lowest BCUT2D eigenvalue weighted by atomic mass is 9.94. The maximum absolute atomic E-state index is 6.48. The van der Waals surface area contributed by atoms with Gasteiger partial charge in [-0.25, -0.2) is 0 Å². The van der Waals surface area contributed by atoms with Crippen molar-refractivity contribution in [1.82, 2.24) is 0 Å². The van der Waals surface area contributed by atoms with Gasteiger partial charge in [0.25, 0.3) is 0 Å². The molecule has 2 heteroatoms. The zero-order valence-corrected chi connectivity index (χ0v) is 28.7. The fraction of sp³-hybridized carbons (Fsp3) is 0.0400. The van der Waals surface area contributed by atoms with Gasteiger partial charge in [0, 0.05) is 33.4 Å². The molecule has 0 unspecified atom stereocenters. The van der Waals surface area contributed by atoms with Gasteiger partial charge >= 0.3 is 0 Å². The van der Waals surface area contributed by atoms with E-state index in [1.165, 1.54) is 60.6 Å². The number of anilines is 2. The first-order valence-electron chi connectivity index (χ1n) is 18.1. The highest BCUT2D eigenvalue weighted by molar-refractivity contribution is 6.10. The third-order valence-electron chi connectivity index (χ3n) is 10.5. The molecular weight excluding hydrogens is 631 g/mol. The summed E-state index contributed by atoms with van der Waals surface area (Å²) in [6, 6.07) is 63.4. The van der Waals surface area contributed by atoms with E-state index < -0.39 is 0 Å². The second-order valence-electron chi connectivity index (χ2n) is 13.6. The van der Waals surface area contributed by atoms with Crippen LogP contribution in [0.5, 0.6) is 0 Å². The molecule has 246 valence electrons. The number of rotatable bonds is 6. The monoisotopic (exact) mass is 665 g/mol. The first-order chi connectivity index (χ1) is 25.8. The molecule has 0 atom stereocenters. The lowest BCUT2D eigenvalue weighted by Crippen LogP contribution is -2.19. The van der Waals surface area contributed by atoms with Gasteiger partial charge in [-0.05, 0) is 111 Å². The van der Waals surface area contributed by atoms with Crippen LogP contribution >= 0.6 is 0 Å². The summed E-state index contributed by atoms with van der Waals surface area (Å²) >= 11 is 0. The van der Waals surface area contributed by atoms with Crippen LogP contribution in [0.1, 0.15) is 18.4 Å². The zero-order chi connectivity index (χ0) is 34.4. The molecule has 9 aromatic rings. The van der Waals surface area contributed by atoms with Crippen LogP contribution in [0.15, 0.2) is 198 Å². The number of furan rings is 1. The molecule has 0 bridgehead atoms. The Hall–Kier alpha value is -6.64. The van der Waals surface area contributed by atoms with Crippen LogP contribution in [0.2, 0.25) is 0 Å². The second kappa shape index (κ2) is 12.6. The Balaban J connectivity index is 1.14. The molecule has 1 aromatic heterocycles. The Labute approximate surface area is 303 Å². The largest absolute Gasteiger partial charge is 0.456 e. The summed E-state index contributed by atoms with van der Waals surface area (Å²) in [5.74, 6) is 0. The average Bonchev–Trinajstić information content (AvgIpc) is 3.59. The Bertz CT molecular complexity index is 2840. The molecule has 1 aliphatic carbocycles. The van der Waals surface area contributed by atoms with E-state index in [4.69, 9.17) is 4.42 Å². The summed E-state index contributed by atoms with van der Waals surface area (Å²) in [6.07, 6.45) is 6.80. The topological polar surface area (TPSA) is 16.4 Å². The van der Waals surface area contributed by atoms with Gasteiger partial charge in [-0.2, -0.15) is 0 Å². The van der Waals surface area contributed by atoms with Crippen molar-refractivity contribution < 1.29 is 4.42 Å². The van der Waals surface area contributed by atoms with Gasteiger partial charge in [0.15, 0.2) is 0 Å². The summed E-state index contributed by atoms with van der Waals surface area (Å²) in [5.41, 5.74) is 12.4. The molecule has 0 fully saturated rings. The third kappa shape index (κ3) is 5.28. The van der Waals surface area contributed by atoms with Gasteiger partial charge in [0.2, 0.25) is 0 Å². The first kappa shape index (κ1) is 30.2. The molecule has 8 aromatic carbocycles. The van der Waals surface area contributed by atoms with E-state index in [-0.39, 0.29) is 0 Å². The summed E-state index contributed by atoms with van der Waals surface area (Å²) in [6.45, 7) is 0. The van der Waals surface area contributed by atoms with Crippen LogP contribution in [-0.2, 0) is 0 Å². The van der Waals surface area contributed by atoms with E-state index in [0.717, 1.165) is 46.2 Å². The van der Waals surface area contributed by atoms with Gasteiger partial charge in [0.05, 0.1) is 0 Å².